The molecule has 0 saturated carbocycles. The number of nitrogens with zero attached hydrogens (tertiary/aromatic N) is 1. The molecule has 2 heterocycles. The van der Waals surface area contributed by atoms with Gasteiger partial charge in [-0.25, -0.2) is 0 Å². The lowest BCUT2D eigenvalue weighted by atomic mass is 9.80. The average molecular weight is 277 g/mol. The van der Waals surface area contributed by atoms with Crippen molar-refractivity contribution in [3.05, 3.63) is 65.2 Å². The van der Waals surface area contributed by atoms with Crippen LogP contribution in [0.15, 0.2) is 48.5 Å². The van der Waals surface area contributed by atoms with Crippen LogP contribution in [0.5, 0.6) is 0 Å². The SMILES string of the molecule is OCN1c2ccccc2C=C2c3ccccc3C3OC3C21. The third kappa shape index (κ3) is 1.45. The summed E-state index contributed by atoms with van der Waals surface area (Å²) < 4.78 is 5.93. The summed E-state index contributed by atoms with van der Waals surface area (Å²) in [4.78, 5) is 2.06. The molecular weight excluding hydrogens is 262 g/mol. The van der Waals surface area contributed by atoms with Crippen molar-refractivity contribution in [1.82, 2.24) is 0 Å². The molecule has 1 N–H and O–H groups in total. The molecule has 2 aromatic carbocycles. The number of hydrogen-bond acceptors (Lipinski definition) is 3. The van der Waals surface area contributed by atoms with Crippen LogP contribution >= 0.6 is 0 Å². The van der Waals surface area contributed by atoms with E-state index in [2.05, 4.69) is 47.4 Å². The molecule has 3 unspecified atom stereocenters. The Labute approximate surface area is 123 Å². The number of rotatable bonds is 1. The predicted octanol–water partition coefficient (Wildman–Crippen LogP) is 2.82. The number of aliphatic hydroxyl groups is 1. The highest BCUT2D eigenvalue weighted by Crippen LogP contribution is 2.55. The second-order valence-corrected chi connectivity index (χ2v) is 5.82. The first-order chi connectivity index (χ1) is 10.4. The van der Waals surface area contributed by atoms with Gasteiger partial charge in [-0.2, -0.15) is 0 Å². The van der Waals surface area contributed by atoms with E-state index in [1.165, 1.54) is 16.7 Å². The Kier molecular flexibility index (Phi) is 2.18. The second-order valence-electron chi connectivity index (χ2n) is 5.82. The summed E-state index contributed by atoms with van der Waals surface area (Å²) in [5, 5.41) is 9.90. The van der Waals surface area contributed by atoms with Gasteiger partial charge in [0.15, 0.2) is 0 Å². The van der Waals surface area contributed by atoms with Gasteiger partial charge in [-0.05, 0) is 34.4 Å². The predicted molar refractivity (Wildman–Crippen MR) is 81.7 cm³/mol. The standard InChI is InChI=1S/C18H15NO2/c20-10-19-15-8-4-1-5-11(15)9-14-12-6-2-3-7-13(12)17-18(21-17)16(14)19/h1-9,16-18,20H,10H2. The topological polar surface area (TPSA) is 36.0 Å². The Morgan fingerprint density at radius 3 is 2.76 bits per heavy atom. The van der Waals surface area contributed by atoms with Crippen LogP contribution in [0.4, 0.5) is 5.69 Å². The number of hydrogen-bond donors (Lipinski definition) is 1. The third-order valence-corrected chi connectivity index (χ3v) is 4.78. The molecule has 2 aliphatic heterocycles. The zero-order valence-electron chi connectivity index (χ0n) is 11.4. The highest BCUT2D eigenvalue weighted by atomic mass is 16.6. The second kappa shape index (κ2) is 3.97. The van der Waals surface area contributed by atoms with Crippen LogP contribution in [0.3, 0.4) is 0 Å². The van der Waals surface area contributed by atoms with Gasteiger partial charge in [0, 0.05) is 5.69 Å². The number of para-hydroxylation sites is 1. The molecule has 3 atom stereocenters. The van der Waals surface area contributed by atoms with E-state index >= 15 is 0 Å². The Bertz CT molecular complexity index is 767. The van der Waals surface area contributed by atoms with Crippen LogP contribution in [-0.2, 0) is 4.74 Å². The van der Waals surface area contributed by atoms with Crippen LogP contribution in [0.2, 0.25) is 0 Å². The number of anilines is 1. The summed E-state index contributed by atoms with van der Waals surface area (Å²) in [6.07, 6.45) is 2.59. The van der Waals surface area contributed by atoms with Crippen LogP contribution in [0, 0.1) is 0 Å². The highest BCUT2D eigenvalue weighted by molar-refractivity contribution is 5.95. The molecule has 3 heteroatoms. The van der Waals surface area contributed by atoms with Crippen LogP contribution in [0.1, 0.15) is 22.8 Å². The van der Waals surface area contributed by atoms with E-state index in [0.29, 0.717) is 0 Å². The van der Waals surface area contributed by atoms with Gasteiger partial charge in [0.2, 0.25) is 0 Å². The maximum absolute atomic E-state index is 9.90. The number of epoxide rings is 1. The van der Waals surface area contributed by atoms with Crippen molar-refractivity contribution in [3.63, 3.8) is 0 Å². The molecule has 1 saturated heterocycles. The van der Waals surface area contributed by atoms with E-state index in [-0.39, 0.29) is 25.0 Å². The Morgan fingerprint density at radius 2 is 1.86 bits per heavy atom. The average Bonchev–Trinajstić information content (AvgIpc) is 3.34. The van der Waals surface area contributed by atoms with E-state index < -0.39 is 0 Å². The van der Waals surface area contributed by atoms with Crippen molar-refractivity contribution in [2.24, 2.45) is 0 Å². The van der Waals surface area contributed by atoms with E-state index in [1.807, 2.05) is 12.1 Å². The molecule has 3 aliphatic rings. The maximum Gasteiger partial charge on any atom is 0.116 e. The Balaban J connectivity index is 1.78. The Hall–Kier alpha value is -2.10. The van der Waals surface area contributed by atoms with E-state index in [1.54, 1.807) is 0 Å². The van der Waals surface area contributed by atoms with Gasteiger partial charge in [-0.15, -0.1) is 0 Å². The number of benzene rings is 2. The fourth-order valence-corrected chi connectivity index (χ4v) is 3.82. The summed E-state index contributed by atoms with van der Waals surface area (Å²) in [7, 11) is 0. The van der Waals surface area contributed by atoms with Gasteiger partial charge in [0.25, 0.3) is 0 Å². The van der Waals surface area contributed by atoms with Crippen LogP contribution < -0.4 is 4.90 Å². The maximum atomic E-state index is 9.90. The lowest BCUT2D eigenvalue weighted by Gasteiger charge is -2.39. The molecule has 104 valence electrons. The van der Waals surface area contributed by atoms with Crippen molar-refractivity contribution in [1.29, 1.82) is 0 Å². The lowest BCUT2D eigenvalue weighted by molar-refractivity contribution is 0.271. The highest BCUT2D eigenvalue weighted by Gasteiger charge is 2.55. The van der Waals surface area contributed by atoms with Crippen molar-refractivity contribution >= 4 is 17.3 Å². The largest absolute Gasteiger partial charge is 0.376 e. The van der Waals surface area contributed by atoms with Gasteiger partial charge in [0.1, 0.15) is 18.9 Å². The first-order valence-electron chi connectivity index (χ1n) is 7.31. The molecule has 0 bridgehead atoms. The molecule has 5 rings (SSSR count). The normalized spacial score (nSPS) is 28.0. The Morgan fingerprint density at radius 1 is 1.05 bits per heavy atom. The first-order valence-corrected chi connectivity index (χ1v) is 7.31. The molecule has 0 aromatic heterocycles. The van der Waals surface area contributed by atoms with Crippen molar-refractivity contribution < 1.29 is 9.84 Å². The van der Waals surface area contributed by atoms with Gasteiger partial charge in [-0.3, -0.25) is 0 Å². The molecular formula is C18H15NO2. The molecule has 21 heavy (non-hydrogen) atoms. The zero-order valence-corrected chi connectivity index (χ0v) is 11.4. The monoisotopic (exact) mass is 277 g/mol. The quantitative estimate of drug-likeness (QED) is 0.814. The van der Waals surface area contributed by atoms with Gasteiger partial charge in [-0.1, -0.05) is 42.5 Å². The fraction of sp³-hybridized carbons (Fsp3) is 0.222. The summed E-state index contributed by atoms with van der Waals surface area (Å²) in [5.41, 5.74) is 6.04. The van der Waals surface area contributed by atoms with Gasteiger partial charge < -0.3 is 14.7 Å². The molecule has 0 amide bonds. The van der Waals surface area contributed by atoms with Gasteiger partial charge in [0.05, 0.1) is 6.04 Å². The molecule has 1 fully saturated rings. The number of ether oxygens (including phenoxy) is 1. The summed E-state index contributed by atoms with van der Waals surface area (Å²) in [6.45, 7) is 0.00771. The van der Waals surface area contributed by atoms with Crippen molar-refractivity contribution in [2.45, 2.75) is 18.2 Å². The summed E-state index contributed by atoms with van der Waals surface area (Å²) in [5.74, 6) is 0. The van der Waals surface area contributed by atoms with Gasteiger partial charge >= 0.3 is 0 Å². The smallest absolute Gasteiger partial charge is 0.116 e. The van der Waals surface area contributed by atoms with Crippen LogP contribution in [-0.4, -0.2) is 24.0 Å². The summed E-state index contributed by atoms with van der Waals surface area (Å²) >= 11 is 0. The number of fused-ring (bicyclic) bond motifs is 7. The van der Waals surface area contributed by atoms with E-state index in [9.17, 15) is 5.11 Å². The van der Waals surface area contributed by atoms with Crippen LogP contribution in [0.25, 0.3) is 11.6 Å². The molecule has 2 aromatic rings. The lowest BCUT2D eigenvalue weighted by Crippen LogP contribution is -2.44. The van der Waals surface area contributed by atoms with Crippen molar-refractivity contribution in [3.8, 4) is 0 Å². The zero-order chi connectivity index (χ0) is 14.0. The minimum Gasteiger partial charge on any atom is -0.376 e. The minimum atomic E-state index is 0.00771. The molecule has 3 nitrogen and oxygen atoms in total. The first kappa shape index (κ1) is 11.5. The molecule has 1 aliphatic carbocycles. The molecule has 0 radical (unpaired) electrons. The summed E-state index contributed by atoms with van der Waals surface area (Å²) in [6, 6.07) is 16.8. The number of aliphatic hydroxyl groups excluding tert-OH is 1. The van der Waals surface area contributed by atoms with E-state index in [4.69, 9.17) is 4.74 Å². The van der Waals surface area contributed by atoms with Crippen molar-refractivity contribution in [2.75, 3.05) is 11.6 Å². The third-order valence-electron chi connectivity index (χ3n) is 4.78. The fourth-order valence-electron chi connectivity index (χ4n) is 3.82. The van der Waals surface area contributed by atoms with E-state index in [0.717, 1.165) is 11.3 Å². The minimum absolute atomic E-state index is 0.00771. The molecule has 0 spiro atoms.